The Balaban J connectivity index is 1.43. The van der Waals surface area contributed by atoms with Crippen LogP contribution in [-0.2, 0) is 4.94 Å². The molecular weight excluding hydrogens is 457 g/mol. The van der Waals surface area contributed by atoms with Gasteiger partial charge in [-0.3, -0.25) is 9.73 Å². The molecule has 2 N–H and O–H groups in total. The largest absolute Gasteiger partial charge is 0.302 e. The number of benzene rings is 3. The fourth-order valence-corrected chi connectivity index (χ4v) is 3.06. The molecule has 3 aromatic carbocycles. The Morgan fingerprint density at radius 1 is 1.13 bits per heavy atom. The van der Waals surface area contributed by atoms with Crippen LogP contribution in [0, 0.1) is 5.82 Å². The minimum Gasteiger partial charge on any atom is -0.302 e. The molecule has 0 spiro atoms. The van der Waals surface area contributed by atoms with E-state index in [-0.39, 0.29) is 21.9 Å². The number of amides is 1. The molecule has 4 aromatic rings. The van der Waals surface area contributed by atoms with Crippen molar-refractivity contribution in [3.63, 3.8) is 0 Å². The van der Waals surface area contributed by atoms with Crippen molar-refractivity contribution in [3.8, 4) is 0 Å². The Hall–Kier alpha value is -3.79. The number of nitrogens with one attached hydrogen (secondary N) is 2. The van der Waals surface area contributed by atoms with Crippen molar-refractivity contribution < 1.29 is 18.8 Å². The minimum atomic E-state index is -0.399. The summed E-state index contributed by atoms with van der Waals surface area (Å²) in [5, 5.41) is 15.5. The van der Waals surface area contributed by atoms with Crippen LogP contribution in [0.1, 0.15) is 16.1 Å². The van der Waals surface area contributed by atoms with Crippen molar-refractivity contribution in [2.75, 3.05) is 10.8 Å². The van der Waals surface area contributed by atoms with Crippen molar-refractivity contribution in [2.45, 2.75) is 0 Å². The van der Waals surface area contributed by atoms with E-state index in [0.717, 1.165) is 10.8 Å². The van der Waals surface area contributed by atoms with E-state index in [1.807, 2.05) is 30.3 Å². The maximum Gasteiger partial charge on any atom is 0.257 e. The first-order valence-corrected chi connectivity index (χ1v) is 9.43. The summed E-state index contributed by atoms with van der Waals surface area (Å²) in [5.41, 5.74) is 3.64. The number of anilines is 2. The molecule has 0 unspecified atom stereocenters. The molecule has 0 saturated carbocycles. The molecule has 10 heteroatoms. The third kappa shape index (κ3) is 4.28. The van der Waals surface area contributed by atoms with Crippen LogP contribution in [0.3, 0.4) is 0 Å². The standard InChI is InChI=1S/C20H13BrFN5O3/c21-16-10-13(8-9-17(16)22)25-29-23-11-18-19(27-30-26-18)24-20(28)15-7-3-5-12-4-1-2-6-14(12)15/h1-11,25H,(H,24,27,28)/b23-11+. The quantitative estimate of drug-likeness (QED) is 0.312. The van der Waals surface area contributed by atoms with Crippen molar-refractivity contribution in [2.24, 2.45) is 5.16 Å². The van der Waals surface area contributed by atoms with E-state index in [2.05, 4.69) is 46.8 Å². The van der Waals surface area contributed by atoms with Crippen LogP contribution >= 0.6 is 15.9 Å². The fraction of sp³-hybridized carbons (Fsp3) is 0. The number of hydrogen-bond donors (Lipinski definition) is 2. The van der Waals surface area contributed by atoms with E-state index in [0.29, 0.717) is 11.3 Å². The minimum absolute atomic E-state index is 0.0878. The van der Waals surface area contributed by atoms with Crippen LogP contribution in [0.2, 0.25) is 0 Å². The van der Waals surface area contributed by atoms with Gasteiger partial charge in [0.2, 0.25) is 5.82 Å². The van der Waals surface area contributed by atoms with Crippen LogP contribution in [-0.4, -0.2) is 22.4 Å². The van der Waals surface area contributed by atoms with Gasteiger partial charge in [-0.2, -0.15) is 5.48 Å². The van der Waals surface area contributed by atoms with Gasteiger partial charge in [0, 0.05) is 5.56 Å². The highest BCUT2D eigenvalue weighted by atomic mass is 79.9. The first-order valence-electron chi connectivity index (χ1n) is 8.64. The molecule has 4 rings (SSSR count). The summed E-state index contributed by atoms with van der Waals surface area (Å²) in [4.78, 5) is 17.7. The van der Waals surface area contributed by atoms with E-state index >= 15 is 0 Å². The predicted molar refractivity (Wildman–Crippen MR) is 113 cm³/mol. The van der Waals surface area contributed by atoms with Gasteiger partial charge in [0.1, 0.15) is 12.0 Å². The van der Waals surface area contributed by atoms with Crippen LogP contribution < -0.4 is 10.8 Å². The number of carbonyl (C=O) groups is 1. The summed E-state index contributed by atoms with van der Waals surface area (Å²) in [6.45, 7) is 0. The van der Waals surface area contributed by atoms with E-state index in [9.17, 15) is 9.18 Å². The molecule has 0 radical (unpaired) electrons. The molecule has 0 fully saturated rings. The Kier molecular flexibility index (Phi) is 5.66. The molecule has 0 atom stereocenters. The third-order valence-corrected chi connectivity index (χ3v) is 4.70. The van der Waals surface area contributed by atoms with Crippen LogP contribution in [0.5, 0.6) is 0 Å². The second-order valence-electron chi connectivity index (χ2n) is 6.04. The lowest BCUT2D eigenvalue weighted by molar-refractivity contribution is 0.102. The number of fused-ring (bicyclic) bond motifs is 1. The number of halogens is 2. The second kappa shape index (κ2) is 8.70. The van der Waals surface area contributed by atoms with Crippen LogP contribution in [0.4, 0.5) is 15.9 Å². The van der Waals surface area contributed by atoms with Crippen molar-refractivity contribution >= 4 is 50.3 Å². The summed E-state index contributed by atoms with van der Waals surface area (Å²) in [5.74, 6) is -0.679. The number of aromatic nitrogens is 2. The molecule has 0 bridgehead atoms. The molecule has 30 heavy (non-hydrogen) atoms. The zero-order chi connectivity index (χ0) is 20.9. The molecule has 1 heterocycles. The van der Waals surface area contributed by atoms with Gasteiger partial charge in [0.25, 0.3) is 5.91 Å². The molecule has 1 amide bonds. The van der Waals surface area contributed by atoms with Crippen LogP contribution in [0.15, 0.2) is 74.9 Å². The molecule has 0 aliphatic carbocycles. The SMILES string of the molecule is O=C(Nc1nonc1/C=N/ONc1ccc(F)c(Br)c1)c1cccc2ccccc12. The Labute approximate surface area is 177 Å². The van der Waals surface area contributed by atoms with E-state index in [1.54, 1.807) is 12.1 Å². The van der Waals surface area contributed by atoms with Gasteiger partial charge < -0.3 is 5.32 Å². The zero-order valence-corrected chi connectivity index (χ0v) is 16.8. The monoisotopic (exact) mass is 469 g/mol. The zero-order valence-electron chi connectivity index (χ0n) is 15.2. The average Bonchev–Trinajstić information content (AvgIpc) is 3.20. The number of carbonyl (C=O) groups excluding carboxylic acids is 1. The van der Waals surface area contributed by atoms with Gasteiger partial charge >= 0.3 is 0 Å². The highest BCUT2D eigenvalue weighted by Gasteiger charge is 2.15. The first-order chi connectivity index (χ1) is 14.6. The highest BCUT2D eigenvalue weighted by molar-refractivity contribution is 9.10. The normalized spacial score (nSPS) is 11.0. The molecule has 8 nitrogen and oxygen atoms in total. The van der Waals surface area contributed by atoms with Gasteiger partial charge in [-0.05, 0) is 61.3 Å². The van der Waals surface area contributed by atoms with Gasteiger partial charge in [-0.15, -0.1) is 0 Å². The van der Waals surface area contributed by atoms with Crippen molar-refractivity contribution in [1.82, 2.24) is 10.3 Å². The summed E-state index contributed by atoms with van der Waals surface area (Å²) in [6.07, 6.45) is 1.21. The van der Waals surface area contributed by atoms with Crippen molar-refractivity contribution in [1.29, 1.82) is 0 Å². The third-order valence-electron chi connectivity index (χ3n) is 4.09. The topological polar surface area (TPSA) is 102 Å². The lowest BCUT2D eigenvalue weighted by Crippen LogP contribution is -2.14. The fourth-order valence-electron chi connectivity index (χ4n) is 2.68. The molecule has 0 saturated heterocycles. The lowest BCUT2D eigenvalue weighted by Gasteiger charge is -2.06. The van der Waals surface area contributed by atoms with Gasteiger partial charge in [-0.1, -0.05) is 41.6 Å². The maximum atomic E-state index is 13.2. The van der Waals surface area contributed by atoms with Crippen LogP contribution in [0.25, 0.3) is 10.8 Å². The highest BCUT2D eigenvalue weighted by Crippen LogP contribution is 2.21. The molecule has 1 aromatic heterocycles. The summed E-state index contributed by atoms with van der Waals surface area (Å²) < 4.78 is 18.2. The van der Waals surface area contributed by atoms with Gasteiger partial charge in [0.15, 0.2) is 5.69 Å². The van der Waals surface area contributed by atoms with Crippen molar-refractivity contribution in [3.05, 3.63) is 82.2 Å². The Morgan fingerprint density at radius 2 is 1.97 bits per heavy atom. The van der Waals surface area contributed by atoms with E-state index < -0.39 is 5.82 Å². The maximum absolute atomic E-state index is 13.2. The first kappa shape index (κ1) is 19.5. The number of rotatable bonds is 6. The number of hydrogen-bond acceptors (Lipinski definition) is 7. The molecule has 150 valence electrons. The average molecular weight is 470 g/mol. The Morgan fingerprint density at radius 3 is 2.83 bits per heavy atom. The molecule has 0 aliphatic heterocycles. The van der Waals surface area contributed by atoms with E-state index in [4.69, 9.17) is 4.94 Å². The summed E-state index contributed by atoms with van der Waals surface area (Å²) in [6, 6.07) is 17.2. The van der Waals surface area contributed by atoms with E-state index in [1.165, 1.54) is 24.4 Å². The number of nitrogens with zero attached hydrogens (tertiary/aromatic N) is 3. The molecular formula is C20H13BrFN5O3. The summed E-state index contributed by atoms with van der Waals surface area (Å²) in [7, 11) is 0. The van der Waals surface area contributed by atoms with Gasteiger partial charge in [0.05, 0.1) is 10.2 Å². The number of oxime groups is 1. The smallest absolute Gasteiger partial charge is 0.257 e. The lowest BCUT2D eigenvalue weighted by atomic mass is 10.0. The second-order valence-corrected chi connectivity index (χ2v) is 6.89. The molecule has 0 aliphatic rings. The van der Waals surface area contributed by atoms with Gasteiger partial charge in [-0.25, -0.2) is 9.02 Å². The predicted octanol–water partition coefficient (Wildman–Crippen LogP) is 4.75. The summed E-state index contributed by atoms with van der Waals surface area (Å²) >= 11 is 3.07. The Bertz CT molecular complexity index is 1240.